The highest BCUT2D eigenvalue weighted by molar-refractivity contribution is 6.57. The maximum absolute atomic E-state index is 11.3. The maximum Gasteiger partial charge on any atom is 0.342 e. The van der Waals surface area contributed by atoms with Crippen molar-refractivity contribution in [2.24, 2.45) is 0 Å². The lowest BCUT2D eigenvalue weighted by molar-refractivity contribution is -0.141. The molecule has 1 rings (SSSR count). The van der Waals surface area contributed by atoms with Gasteiger partial charge in [-0.15, -0.1) is 0 Å². The monoisotopic (exact) mass is 408 g/mol. The van der Waals surface area contributed by atoms with E-state index < -0.39 is 10.3 Å². The summed E-state index contributed by atoms with van der Waals surface area (Å²) < 4.78 is 3.13. The average molecular weight is 410 g/mol. The van der Waals surface area contributed by atoms with Crippen LogP contribution in [-0.4, -0.2) is 28.6 Å². The molecule has 0 heterocycles. The van der Waals surface area contributed by atoms with Crippen molar-refractivity contribution in [1.29, 1.82) is 0 Å². The highest BCUT2D eigenvalue weighted by Crippen LogP contribution is 2.29. The fourth-order valence-corrected chi connectivity index (χ4v) is 3.23. The highest BCUT2D eigenvalue weighted by atomic mass is 35.5. The number of benzene rings is 1. The number of halogens is 3. The largest absolute Gasteiger partial charge is 0.467 e. The van der Waals surface area contributed by atoms with Crippen molar-refractivity contribution in [2.75, 3.05) is 7.11 Å². The van der Waals surface area contributed by atoms with E-state index in [9.17, 15) is 9.90 Å². The van der Waals surface area contributed by atoms with Crippen LogP contribution in [0.3, 0.4) is 0 Å². The van der Waals surface area contributed by atoms with Gasteiger partial charge < -0.3 is 9.84 Å². The summed E-state index contributed by atoms with van der Waals surface area (Å²) in [5.74, 6) is -0.592. The van der Waals surface area contributed by atoms with Gasteiger partial charge in [0.25, 0.3) is 0 Å². The van der Waals surface area contributed by atoms with E-state index in [1.807, 2.05) is 24.3 Å². The zero-order valence-electron chi connectivity index (χ0n) is 14.6. The summed E-state index contributed by atoms with van der Waals surface area (Å²) in [5.41, 5.74) is 1.10. The molecule has 0 aromatic heterocycles. The second-order valence-corrected chi connectivity index (χ2v) is 8.26. The minimum atomic E-state index is -1.43. The van der Waals surface area contributed by atoms with Gasteiger partial charge in [-0.1, -0.05) is 79.0 Å². The zero-order chi connectivity index (χ0) is 18.7. The maximum atomic E-state index is 11.3. The number of carbonyl (C=O) groups is 1. The van der Waals surface area contributed by atoms with E-state index in [4.69, 9.17) is 34.8 Å². The van der Waals surface area contributed by atoms with Gasteiger partial charge in [0.05, 0.1) is 13.2 Å². The Hall–Kier alpha value is -0.480. The second kappa shape index (κ2) is 12.0. The summed E-state index contributed by atoms with van der Waals surface area (Å²) in [5, 5.41) is 10.8. The van der Waals surface area contributed by atoms with Gasteiger partial charge in [-0.05, 0) is 43.4 Å². The van der Waals surface area contributed by atoms with Crippen LogP contribution in [0.15, 0.2) is 24.3 Å². The fraction of sp³-hybridized carbons (Fsp3) is 0.632. The Morgan fingerprint density at radius 2 is 1.64 bits per heavy atom. The second-order valence-electron chi connectivity index (χ2n) is 6.34. The van der Waals surface area contributed by atoms with Gasteiger partial charge >= 0.3 is 5.97 Å². The molecule has 0 bridgehead atoms. The van der Waals surface area contributed by atoms with E-state index in [0.717, 1.165) is 50.5 Å². The third-order valence-corrected chi connectivity index (χ3v) is 5.09. The Bertz CT molecular complexity index is 503. The first-order valence-electron chi connectivity index (χ1n) is 8.74. The fourth-order valence-electron chi connectivity index (χ4n) is 2.68. The van der Waals surface area contributed by atoms with Crippen molar-refractivity contribution >= 4 is 40.8 Å². The number of hydrogen-bond acceptors (Lipinski definition) is 3. The molecule has 0 aliphatic rings. The van der Waals surface area contributed by atoms with E-state index >= 15 is 0 Å². The van der Waals surface area contributed by atoms with Crippen LogP contribution in [0.5, 0.6) is 0 Å². The molecule has 0 fully saturated rings. The smallest absolute Gasteiger partial charge is 0.342 e. The standard InChI is InChI=1S/C19H27Cl3O3/c1-25-18(24)19(21,22)13-7-5-3-2-4-6-8-17(23)14-15-9-11-16(20)12-10-15/h9-12,17,23H,2-8,13-14H2,1H3. The molecular formula is C19H27Cl3O3. The van der Waals surface area contributed by atoms with Crippen LogP contribution in [0.2, 0.25) is 5.02 Å². The first kappa shape index (κ1) is 22.6. The van der Waals surface area contributed by atoms with Crippen LogP contribution in [0.25, 0.3) is 0 Å². The molecular weight excluding hydrogens is 383 g/mol. The molecule has 0 aliphatic carbocycles. The molecule has 1 aromatic rings. The Labute approximate surface area is 165 Å². The van der Waals surface area contributed by atoms with Gasteiger partial charge in [-0.2, -0.15) is 0 Å². The Morgan fingerprint density at radius 1 is 1.08 bits per heavy atom. The first-order chi connectivity index (χ1) is 11.8. The number of hydrogen-bond donors (Lipinski definition) is 1. The number of esters is 1. The molecule has 25 heavy (non-hydrogen) atoms. The highest BCUT2D eigenvalue weighted by Gasteiger charge is 2.33. The molecule has 142 valence electrons. The van der Waals surface area contributed by atoms with Gasteiger partial charge in [0, 0.05) is 5.02 Å². The third kappa shape index (κ3) is 9.69. The van der Waals surface area contributed by atoms with Crippen molar-refractivity contribution in [3.63, 3.8) is 0 Å². The van der Waals surface area contributed by atoms with Gasteiger partial charge in [0.15, 0.2) is 0 Å². The molecule has 0 saturated heterocycles. The van der Waals surface area contributed by atoms with Crippen molar-refractivity contribution in [3.8, 4) is 0 Å². The Kier molecular flexibility index (Phi) is 10.8. The number of methoxy groups -OCH3 is 1. The van der Waals surface area contributed by atoms with Crippen molar-refractivity contribution in [1.82, 2.24) is 0 Å². The van der Waals surface area contributed by atoms with Crippen LogP contribution < -0.4 is 0 Å². The number of ether oxygens (including phenoxy) is 1. The van der Waals surface area contributed by atoms with E-state index in [1.54, 1.807) is 0 Å². The van der Waals surface area contributed by atoms with Crippen LogP contribution in [0.1, 0.15) is 56.9 Å². The minimum Gasteiger partial charge on any atom is -0.467 e. The molecule has 1 unspecified atom stereocenters. The lowest BCUT2D eigenvalue weighted by Crippen LogP contribution is -2.27. The number of carbonyl (C=O) groups excluding carboxylic acids is 1. The summed E-state index contributed by atoms with van der Waals surface area (Å²) in [6.45, 7) is 0. The summed E-state index contributed by atoms with van der Waals surface area (Å²) in [7, 11) is 1.28. The van der Waals surface area contributed by atoms with Crippen LogP contribution >= 0.6 is 34.8 Å². The number of alkyl halides is 2. The Balaban J connectivity index is 2.03. The van der Waals surface area contributed by atoms with Crippen molar-refractivity contribution < 1.29 is 14.6 Å². The average Bonchev–Trinajstić information content (AvgIpc) is 2.58. The van der Waals surface area contributed by atoms with Crippen LogP contribution in [0, 0.1) is 0 Å². The lowest BCUT2D eigenvalue weighted by Gasteiger charge is -2.16. The molecule has 0 amide bonds. The molecule has 0 aliphatic heterocycles. The minimum absolute atomic E-state index is 0.311. The summed E-state index contributed by atoms with van der Waals surface area (Å²) in [6.07, 6.45) is 7.59. The van der Waals surface area contributed by atoms with Gasteiger partial charge in [0.1, 0.15) is 0 Å². The van der Waals surface area contributed by atoms with Crippen LogP contribution in [-0.2, 0) is 16.0 Å². The SMILES string of the molecule is COC(=O)C(Cl)(Cl)CCCCCCCCC(O)Cc1ccc(Cl)cc1. The molecule has 6 heteroatoms. The summed E-state index contributed by atoms with van der Waals surface area (Å²) in [4.78, 5) is 11.3. The molecule has 0 saturated carbocycles. The molecule has 1 N–H and O–H groups in total. The van der Waals surface area contributed by atoms with Crippen LogP contribution in [0.4, 0.5) is 0 Å². The number of unbranched alkanes of at least 4 members (excludes halogenated alkanes) is 5. The molecule has 0 radical (unpaired) electrons. The number of rotatable bonds is 12. The molecule has 1 atom stereocenters. The normalized spacial score (nSPS) is 12.8. The first-order valence-corrected chi connectivity index (χ1v) is 9.87. The predicted molar refractivity (Wildman–Crippen MR) is 105 cm³/mol. The topological polar surface area (TPSA) is 46.5 Å². The van der Waals surface area contributed by atoms with E-state index in [1.165, 1.54) is 7.11 Å². The van der Waals surface area contributed by atoms with E-state index in [0.29, 0.717) is 17.9 Å². The molecule has 1 aromatic carbocycles. The van der Waals surface area contributed by atoms with Gasteiger partial charge in [0.2, 0.25) is 4.33 Å². The number of aliphatic hydroxyl groups excluding tert-OH is 1. The summed E-state index contributed by atoms with van der Waals surface area (Å²) in [6, 6.07) is 7.60. The zero-order valence-corrected chi connectivity index (χ0v) is 16.9. The number of aliphatic hydroxyl groups is 1. The molecule has 3 nitrogen and oxygen atoms in total. The summed E-state index contributed by atoms with van der Waals surface area (Å²) >= 11 is 17.7. The van der Waals surface area contributed by atoms with Crippen molar-refractivity contribution in [3.05, 3.63) is 34.9 Å². The van der Waals surface area contributed by atoms with Gasteiger partial charge in [-0.3, -0.25) is 0 Å². The van der Waals surface area contributed by atoms with Gasteiger partial charge in [-0.25, -0.2) is 4.79 Å². The Morgan fingerprint density at radius 3 is 2.24 bits per heavy atom. The van der Waals surface area contributed by atoms with E-state index in [2.05, 4.69) is 4.74 Å². The lowest BCUT2D eigenvalue weighted by atomic mass is 10.0. The third-order valence-electron chi connectivity index (χ3n) is 4.15. The quantitative estimate of drug-likeness (QED) is 0.273. The predicted octanol–water partition coefficient (Wildman–Crippen LogP) is 5.71. The van der Waals surface area contributed by atoms with Crippen molar-refractivity contribution in [2.45, 2.75) is 68.2 Å². The molecule has 0 spiro atoms. The van der Waals surface area contributed by atoms with E-state index in [-0.39, 0.29) is 6.10 Å².